The largest absolute Gasteiger partial charge is 0.480 e. The van der Waals surface area contributed by atoms with Gasteiger partial charge in [-0.25, -0.2) is 0 Å². The van der Waals surface area contributed by atoms with Gasteiger partial charge < -0.3 is 32.5 Å². The van der Waals surface area contributed by atoms with Crippen molar-refractivity contribution >= 4 is 11.9 Å². The molecule has 3 unspecified atom stereocenters. The molecule has 0 heterocycles. The molecule has 0 aliphatic rings. The minimum Gasteiger partial charge on any atom is -0.480 e. The SMILES string of the molecule is CC(C)CC(N)C(=O)O.CC(O)CN.NC(Cc1ccccc1)C(=O)O. The number of aliphatic hydroxyl groups is 1. The third-order valence-electron chi connectivity index (χ3n) is 3.00. The minimum atomic E-state index is -0.959. The van der Waals surface area contributed by atoms with Gasteiger partial charge in [0.25, 0.3) is 0 Å². The summed E-state index contributed by atoms with van der Waals surface area (Å²) in [6.07, 6.45) is 0.598. The summed E-state index contributed by atoms with van der Waals surface area (Å²) in [6, 6.07) is 7.85. The Bertz CT molecular complexity index is 495. The van der Waals surface area contributed by atoms with Gasteiger partial charge in [0, 0.05) is 6.54 Å². The molecule has 26 heavy (non-hydrogen) atoms. The summed E-state index contributed by atoms with van der Waals surface area (Å²) in [5.74, 6) is -1.52. The highest BCUT2D eigenvalue weighted by molar-refractivity contribution is 5.73. The van der Waals surface area contributed by atoms with Crippen molar-refractivity contribution in [1.29, 1.82) is 0 Å². The van der Waals surface area contributed by atoms with Gasteiger partial charge in [0.05, 0.1) is 6.10 Å². The summed E-state index contributed by atoms with van der Waals surface area (Å²) in [5.41, 5.74) is 16.4. The zero-order valence-corrected chi connectivity index (χ0v) is 15.7. The number of aliphatic hydroxyl groups excluding tert-OH is 1. The van der Waals surface area contributed by atoms with E-state index in [1.807, 2.05) is 44.2 Å². The van der Waals surface area contributed by atoms with Crippen LogP contribution in [0.1, 0.15) is 32.8 Å². The lowest BCUT2D eigenvalue weighted by Crippen LogP contribution is -2.32. The van der Waals surface area contributed by atoms with Crippen LogP contribution in [0, 0.1) is 5.92 Å². The van der Waals surface area contributed by atoms with E-state index in [4.69, 9.17) is 32.5 Å². The van der Waals surface area contributed by atoms with Crippen LogP contribution in [-0.4, -0.2) is 52.0 Å². The molecule has 8 heteroatoms. The Kier molecular flexibility index (Phi) is 15.4. The predicted molar refractivity (Wildman–Crippen MR) is 102 cm³/mol. The fourth-order valence-electron chi connectivity index (χ4n) is 1.56. The van der Waals surface area contributed by atoms with Crippen LogP contribution in [0.2, 0.25) is 0 Å². The first-order chi connectivity index (χ1) is 12.0. The number of carbonyl (C=O) groups is 2. The standard InChI is InChI=1S/C9H11NO2.C6H13NO2.C3H9NO/c10-8(9(11)12)6-7-4-2-1-3-5-7;1-4(2)3-5(7)6(8)9;1-3(5)2-4/h1-5,8H,6,10H2,(H,11,12);4-5H,3,7H2,1-2H3,(H,8,9);3,5H,2,4H2,1H3. The molecule has 0 saturated carbocycles. The van der Waals surface area contributed by atoms with E-state index in [0.717, 1.165) is 5.56 Å². The first-order valence-electron chi connectivity index (χ1n) is 8.40. The van der Waals surface area contributed by atoms with E-state index in [2.05, 4.69) is 0 Å². The minimum absolute atomic E-state index is 0.338. The van der Waals surface area contributed by atoms with Crippen molar-refractivity contribution in [2.45, 2.75) is 51.8 Å². The van der Waals surface area contributed by atoms with E-state index < -0.39 is 24.0 Å². The third kappa shape index (κ3) is 16.8. The molecule has 0 aliphatic carbocycles. The van der Waals surface area contributed by atoms with Crippen LogP contribution in [0.15, 0.2) is 30.3 Å². The van der Waals surface area contributed by atoms with E-state index >= 15 is 0 Å². The molecule has 0 aliphatic heterocycles. The van der Waals surface area contributed by atoms with Gasteiger partial charge in [0.15, 0.2) is 0 Å². The Morgan fingerprint density at radius 2 is 1.38 bits per heavy atom. The molecule has 0 saturated heterocycles. The first kappa shape index (κ1) is 26.2. The molecule has 1 aromatic carbocycles. The van der Waals surface area contributed by atoms with Gasteiger partial charge >= 0.3 is 11.9 Å². The summed E-state index contributed by atoms with van der Waals surface area (Å²) < 4.78 is 0. The smallest absolute Gasteiger partial charge is 0.320 e. The zero-order valence-electron chi connectivity index (χ0n) is 15.7. The maximum absolute atomic E-state index is 10.4. The lowest BCUT2D eigenvalue weighted by Gasteiger charge is -2.07. The van der Waals surface area contributed by atoms with Crippen molar-refractivity contribution in [2.75, 3.05) is 6.54 Å². The quantitative estimate of drug-likeness (QED) is 0.400. The molecule has 0 amide bonds. The molecule has 0 radical (unpaired) electrons. The zero-order chi connectivity index (χ0) is 20.7. The molecule has 1 aromatic rings. The van der Waals surface area contributed by atoms with Crippen molar-refractivity contribution < 1.29 is 24.9 Å². The molecule has 9 N–H and O–H groups in total. The molecule has 0 spiro atoms. The molecular weight excluding hydrogens is 338 g/mol. The molecule has 150 valence electrons. The Labute approximate surface area is 155 Å². The normalized spacial score (nSPS) is 13.4. The summed E-state index contributed by atoms with van der Waals surface area (Å²) in [6.45, 7) is 5.91. The van der Waals surface area contributed by atoms with Crippen LogP contribution in [0.3, 0.4) is 0 Å². The van der Waals surface area contributed by atoms with Crippen molar-refractivity contribution in [3.05, 3.63) is 35.9 Å². The number of aliphatic carboxylic acids is 2. The van der Waals surface area contributed by atoms with E-state index in [0.29, 0.717) is 25.3 Å². The Morgan fingerprint density at radius 3 is 1.65 bits per heavy atom. The van der Waals surface area contributed by atoms with Crippen molar-refractivity contribution in [3.63, 3.8) is 0 Å². The fraction of sp³-hybridized carbons (Fsp3) is 0.556. The monoisotopic (exact) mass is 371 g/mol. The number of nitrogens with two attached hydrogens (primary N) is 3. The van der Waals surface area contributed by atoms with Gasteiger partial charge in [0.2, 0.25) is 0 Å². The molecular formula is C18H33N3O5. The van der Waals surface area contributed by atoms with Crippen molar-refractivity contribution in [2.24, 2.45) is 23.1 Å². The summed E-state index contributed by atoms with van der Waals surface area (Å²) in [5, 5.41) is 25.1. The number of hydrogen-bond donors (Lipinski definition) is 6. The molecule has 0 bridgehead atoms. The van der Waals surface area contributed by atoms with E-state index in [1.54, 1.807) is 6.92 Å². The van der Waals surface area contributed by atoms with Crippen LogP contribution in [0.4, 0.5) is 0 Å². The highest BCUT2D eigenvalue weighted by atomic mass is 16.4. The molecule has 3 atom stereocenters. The van der Waals surface area contributed by atoms with E-state index in [-0.39, 0.29) is 6.10 Å². The van der Waals surface area contributed by atoms with Crippen molar-refractivity contribution in [3.8, 4) is 0 Å². The van der Waals surface area contributed by atoms with Gasteiger partial charge in [-0.1, -0.05) is 44.2 Å². The van der Waals surface area contributed by atoms with E-state index in [9.17, 15) is 9.59 Å². The molecule has 1 rings (SSSR count). The van der Waals surface area contributed by atoms with Gasteiger partial charge in [-0.3, -0.25) is 9.59 Å². The second-order valence-corrected chi connectivity index (χ2v) is 6.29. The molecule has 0 aromatic heterocycles. The number of benzene rings is 1. The number of rotatable bonds is 7. The summed E-state index contributed by atoms with van der Waals surface area (Å²) in [7, 11) is 0. The summed E-state index contributed by atoms with van der Waals surface area (Å²) >= 11 is 0. The Balaban J connectivity index is 0. The van der Waals surface area contributed by atoms with Gasteiger partial charge in [0.1, 0.15) is 12.1 Å². The lowest BCUT2D eigenvalue weighted by molar-refractivity contribution is -0.139. The second-order valence-electron chi connectivity index (χ2n) is 6.29. The number of carboxylic acid groups (broad SMARTS) is 2. The van der Waals surface area contributed by atoms with Crippen LogP contribution >= 0.6 is 0 Å². The van der Waals surface area contributed by atoms with Gasteiger partial charge in [-0.05, 0) is 31.2 Å². The molecule has 0 fully saturated rings. The van der Waals surface area contributed by atoms with Crippen LogP contribution in [0.5, 0.6) is 0 Å². The lowest BCUT2D eigenvalue weighted by atomic mass is 10.1. The number of hydrogen-bond acceptors (Lipinski definition) is 6. The van der Waals surface area contributed by atoms with Crippen molar-refractivity contribution in [1.82, 2.24) is 0 Å². The fourth-order valence-corrected chi connectivity index (χ4v) is 1.56. The third-order valence-corrected chi connectivity index (χ3v) is 3.00. The predicted octanol–water partition coefficient (Wildman–Crippen LogP) is 0.411. The van der Waals surface area contributed by atoms with E-state index in [1.165, 1.54) is 0 Å². The Hall–Kier alpha value is -2.00. The Morgan fingerprint density at radius 1 is 0.962 bits per heavy atom. The second kappa shape index (κ2) is 15.3. The average Bonchev–Trinajstić information content (AvgIpc) is 2.56. The van der Waals surface area contributed by atoms with Gasteiger partial charge in [-0.15, -0.1) is 0 Å². The maximum Gasteiger partial charge on any atom is 0.320 e. The highest BCUT2D eigenvalue weighted by Crippen LogP contribution is 2.02. The summed E-state index contributed by atoms with van der Waals surface area (Å²) in [4.78, 5) is 20.5. The van der Waals surface area contributed by atoms with Crippen LogP contribution < -0.4 is 17.2 Å². The van der Waals surface area contributed by atoms with Gasteiger partial charge in [-0.2, -0.15) is 0 Å². The molecule has 8 nitrogen and oxygen atoms in total. The topological polar surface area (TPSA) is 173 Å². The number of carboxylic acids is 2. The first-order valence-corrected chi connectivity index (χ1v) is 8.40. The highest BCUT2D eigenvalue weighted by Gasteiger charge is 2.12. The van der Waals surface area contributed by atoms with Crippen LogP contribution in [-0.2, 0) is 16.0 Å². The average molecular weight is 371 g/mol. The van der Waals surface area contributed by atoms with Crippen LogP contribution in [0.25, 0.3) is 0 Å². The maximum atomic E-state index is 10.4.